The predicted molar refractivity (Wildman–Crippen MR) is 99.3 cm³/mol. The zero-order chi connectivity index (χ0) is 17.2. The van der Waals surface area contributed by atoms with Crippen molar-refractivity contribution < 1.29 is 14.3 Å². The van der Waals surface area contributed by atoms with E-state index in [1.165, 1.54) is 0 Å². The van der Waals surface area contributed by atoms with Gasteiger partial charge in [-0.15, -0.1) is 11.8 Å². The fourth-order valence-corrected chi connectivity index (χ4v) is 4.40. The molecule has 0 aliphatic carbocycles. The van der Waals surface area contributed by atoms with Gasteiger partial charge in [-0.1, -0.05) is 31.2 Å². The maximum Gasteiger partial charge on any atom is 0.323 e. The van der Waals surface area contributed by atoms with E-state index in [0.717, 1.165) is 47.0 Å². The van der Waals surface area contributed by atoms with E-state index in [1.807, 2.05) is 47.4 Å². The minimum atomic E-state index is -0.0615. The van der Waals surface area contributed by atoms with E-state index in [2.05, 4.69) is 12.2 Å². The van der Waals surface area contributed by atoms with Crippen molar-refractivity contribution in [2.24, 2.45) is 0 Å². The molecule has 1 atom stereocenters. The second-order valence-corrected chi connectivity index (χ2v) is 7.16. The first-order valence-corrected chi connectivity index (χ1v) is 9.48. The highest BCUT2D eigenvalue weighted by atomic mass is 32.2. The van der Waals surface area contributed by atoms with Gasteiger partial charge in [0.15, 0.2) is 11.5 Å². The Morgan fingerprint density at radius 1 is 1.24 bits per heavy atom. The molecular formula is C19H20N2O3S. The molecule has 0 bridgehead atoms. The number of anilines is 1. The first kappa shape index (κ1) is 16.1. The molecule has 2 aliphatic rings. The molecule has 130 valence electrons. The third kappa shape index (κ3) is 3.14. The highest BCUT2D eigenvalue weighted by molar-refractivity contribution is 7.99. The highest BCUT2D eigenvalue weighted by Gasteiger charge is 2.32. The lowest BCUT2D eigenvalue weighted by molar-refractivity contribution is 0.174. The van der Waals surface area contributed by atoms with Crippen molar-refractivity contribution in [1.82, 2.24) is 4.90 Å². The summed E-state index contributed by atoms with van der Waals surface area (Å²) in [6, 6.07) is 13.8. The summed E-state index contributed by atoms with van der Waals surface area (Å²) in [6.45, 7) is 3.07. The zero-order valence-electron chi connectivity index (χ0n) is 14.0. The molecule has 5 nitrogen and oxygen atoms in total. The Hall–Kier alpha value is -2.34. The lowest BCUT2D eigenvalue weighted by Crippen LogP contribution is -2.34. The zero-order valence-corrected chi connectivity index (χ0v) is 14.8. The van der Waals surface area contributed by atoms with Gasteiger partial charge in [0, 0.05) is 18.0 Å². The van der Waals surface area contributed by atoms with E-state index in [1.54, 1.807) is 11.8 Å². The Balaban J connectivity index is 1.54. The summed E-state index contributed by atoms with van der Waals surface area (Å²) in [4.78, 5) is 14.7. The maximum absolute atomic E-state index is 12.8. The fourth-order valence-electron chi connectivity index (χ4n) is 3.16. The molecule has 1 saturated heterocycles. The molecule has 2 amide bonds. The van der Waals surface area contributed by atoms with Crippen LogP contribution in [0.2, 0.25) is 0 Å². The Morgan fingerprint density at radius 3 is 2.96 bits per heavy atom. The van der Waals surface area contributed by atoms with Crippen LogP contribution in [0.15, 0.2) is 42.5 Å². The van der Waals surface area contributed by atoms with Crippen molar-refractivity contribution >= 4 is 23.5 Å². The molecule has 2 aromatic rings. The highest BCUT2D eigenvalue weighted by Crippen LogP contribution is 2.42. The lowest BCUT2D eigenvalue weighted by Gasteiger charge is -2.25. The Kier molecular flexibility index (Phi) is 4.44. The number of fused-ring (bicyclic) bond motifs is 1. The van der Waals surface area contributed by atoms with Gasteiger partial charge >= 0.3 is 6.03 Å². The summed E-state index contributed by atoms with van der Waals surface area (Å²) < 4.78 is 10.8. The fraction of sp³-hybridized carbons (Fsp3) is 0.316. The first-order chi connectivity index (χ1) is 12.3. The molecule has 0 radical (unpaired) electrons. The van der Waals surface area contributed by atoms with Gasteiger partial charge in [0.25, 0.3) is 0 Å². The topological polar surface area (TPSA) is 50.8 Å². The molecule has 2 heterocycles. The average molecular weight is 356 g/mol. The molecule has 4 rings (SSSR count). The number of thioether (sulfide) groups is 1. The van der Waals surface area contributed by atoms with Gasteiger partial charge in [-0.2, -0.15) is 0 Å². The molecule has 0 saturated carbocycles. The molecule has 2 aromatic carbocycles. The number of carbonyl (C=O) groups excluding carboxylic acids is 1. The number of hydrogen-bond donors (Lipinski definition) is 1. The number of hydrogen-bond acceptors (Lipinski definition) is 4. The second kappa shape index (κ2) is 6.88. The van der Waals surface area contributed by atoms with Crippen LogP contribution in [-0.2, 0) is 6.42 Å². The standard InChI is InChI=1S/C19H20N2O3S/c1-2-13-5-3-4-6-15(13)20-19(22)21-9-10-25-18(21)14-7-8-16-17(11-14)24-12-23-16/h3-8,11,18H,2,9-10,12H2,1H3,(H,20,22)/t18-/m0/s1. The summed E-state index contributed by atoms with van der Waals surface area (Å²) in [5.41, 5.74) is 3.09. The number of rotatable bonds is 3. The maximum atomic E-state index is 12.8. The van der Waals surface area contributed by atoms with Crippen LogP contribution in [0.25, 0.3) is 0 Å². The number of aryl methyl sites for hydroxylation is 1. The largest absolute Gasteiger partial charge is 0.454 e. The third-order valence-electron chi connectivity index (χ3n) is 4.47. The molecule has 1 fully saturated rings. The van der Waals surface area contributed by atoms with Crippen LogP contribution >= 0.6 is 11.8 Å². The predicted octanol–water partition coefficient (Wildman–Crippen LogP) is 4.26. The Morgan fingerprint density at radius 2 is 2.08 bits per heavy atom. The van der Waals surface area contributed by atoms with E-state index < -0.39 is 0 Å². The van der Waals surface area contributed by atoms with E-state index in [0.29, 0.717) is 0 Å². The van der Waals surface area contributed by atoms with Crippen molar-refractivity contribution in [2.45, 2.75) is 18.7 Å². The van der Waals surface area contributed by atoms with Crippen LogP contribution in [0.4, 0.5) is 10.5 Å². The summed E-state index contributed by atoms with van der Waals surface area (Å²) in [5.74, 6) is 2.43. The number of benzene rings is 2. The monoisotopic (exact) mass is 356 g/mol. The summed E-state index contributed by atoms with van der Waals surface area (Å²) in [7, 11) is 0. The number of nitrogens with one attached hydrogen (secondary N) is 1. The molecule has 2 aliphatic heterocycles. The van der Waals surface area contributed by atoms with Crippen molar-refractivity contribution in [3.05, 3.63) is 53.6 Å². The molecule has 0 aromatic heterocycles. The normalized spacial score (nSPS) is 18.4. The van der Waals surface area contributed by atoms with E-state index in [9.17, 15) is 4.79 Å². The second-order valence-electron chi connectivity index (χ2n) is 5.97. The van der Waals surface area contributed by atoms with Crippen LogP contribution < -0.4 is 14.8 Å². The number of urea groups is 1. The van der Waals surface area contributed by atoms with E-state index in [-0.39, 0.29) is 18.2 Å². The molecule has 25 heavy (non-hydrogen) atoms. The quantitative estimate of drug-likeness (QED) is 0.893. The molecule has 0 unspecified atom stereocenters. The molecule has 6 heteroatoms. The van der Waals surface area contributed by atoms with Gasteiger partial charge in [0.05, 0.1) is 0 Å². The van der Waals surface area contributed by atoms with Crippen LogP contribution in [0.3, 0.4) is 0 Å². The smallest absolute Gasteiger partial charge is 0.323 e. The SMILES string of the molecule is CCc1ccccc1NC(=O)N1CCS[C@H]1c1ccc2c(c1)OCO2. The van der Waals surface area contributed by atoms with E-state index in [4.69, 9.17) is 9.47 Å². The van der Waals surface area contributed by atoms with Gasteiger partial charge in [-0.25, -0.2) is 4.79 Å². The number of nitrogens with zero attached hydrogens (tertiary/aromatic N) is 1. The summed E-state index contributed by atoms with van der Waals surface area (Å²) >= 11 is 1.77. The number of carbonyl (C=O) groups is 1. The van der Waals surface area contributed by atoms with Crippen LogP contribution in [0.1, 0.15) is 23.4 Å². The van der Waals surface area contributed by atoms with Crippen molar-refractivity contribution in [2.75, 3.05) is 24.4 Å². The van der Waals surface area contributed by atoms with Gasteiger partial charge in [-0.3, -0.25) is 0 Å². The van der Waals surface area contributed by atoms with E-state index >= 15 is 0 Å². The van der Waals surface area contributed by atoms with Gasteiger partial charge < -0.3 is 19.7 Å². The summed E-state index contributed by atoms with van der Waals surface area (Å²) in [6.07, 6.45) is 0.886. The van der Waals surface area contributed by atoms with Crippen molar-refractivity contribution in [3.8, 4) is 11.5 Å². The van der Waals surface area contributed by atoms with Crippen molar-refractivity contribution in [1.29, 1.82) is 0 Å². The lowest BCUT2D eigenvalue weighted by atomic mass is 10.1. The van der Waals surface area contributed by atoms with Crippen LogP contribution in [0.5, 0.6) is 11.5 Å². The van der Waals surface area contributed by atoms with Crippen LogP contribution in [-0.4, -0.2) is 30.0 Å². The molecule has 1 N–H and O–H groups in total. The Labute approximate surface area is 151 Å². The van der Waals surface area contributed by atoms with Gasteiger partial charge in [0.2, 0.25) is 6.79 Å². The third-order valence-corrected chi connectivity index (χ3v) is 5.73. The number of ether oxygens (including phenoxy) is 2. The van der Waals surface area contributed by atoms with Gasteiger partial charge in [0.1, 0.15) is 5.37 Å². The first-order valence-electron chi connectivity index (χ1n) is 8.43. The van der Waals surface area contributed by atoms with Crippen molar-refractivity contribution in [3.63, 3.8) is 0 Å². The summed E-state index contributed by atoms with van der Waals surface area (Å²) in [5, 5.41) is 3.06. The number of amides is 2. The average Bonchev–Trinajstić information content (AvgIpc) is 3.30. The Bertz CT molecular complexity index is 796. The van der Waals surface area contributed by atoms with Crippen LogP contribution in [0, 0.1) is 0 Å². The number of para-hydroxylation sites is 1. The molecular weight excluding hydrogens is 336 g/mol. The molecule has 0 spiro atoms. The minimum absolute atomic E-state index is 0.0108. The van der Waals surface area contributed by atoms with Gasteiger partial charge in [-0.05, 0) is 35.7 Å². The minimum Gasteiger partial charge on any atom is -0.454 e.